The molecule has 3 saturated heterocycles. The molecule has 2 heteroatoms. The first-order valence-corrected chi connectivity index (χ1v) is 3.68. The Bertz CT molecular complexity index is 189. The number of Topliss-reactive ketones (excluding diaryl/α,β-unsaturated/α-hetero) is 1. The molecule has 3 rings (SSSR count). The van der Waals surface area contributed by atoms with Crippen molar-refractivity contribution >= 4 is 5.78 Å². The predicted octanol–water partition coefficient (Wildman–Crippen LogP) is 0.174. The molecule has 0 amide bonds. The van der Waals surface area contributed by atoms with Gasteiger partial charge >= 0.3 is 0 Å². The zero-order valence-electron chi connectivity index (χ0n) is 5.21. The van der Waals surface area contributed by atoms with Crippen LogP contribution in [-0.2, 0) is 4.79 Å². The van der Waals surface area contributed by atoms with Crippen molar-refractivity contribution < 1.29 is 4.79 Å². The van der Waals surface area contributed by atoms with Gasteiger partial charge < -0.3 is 0 Å². The molecule has 3 fully saturated rings. The van der Waals surface area contributed by atoms with Crippen molar-refractivity contribution in [3.8, 4) is 0 Å². The monoisotopic (exact) mass is 123 g/mol. The van der Waals surface area contributed by atoms with Crippen LogP contribution in [0, 0.1) is 0 Å². The van der Waals surface area contributed by atoms with Crippen LogP contribution in [0.2, 0.25) is 0 Å². The van der Waals surface area contributed by atoms with Gasteiger partial charge in [0.15, 0.2) is 5.78 Å². The van der Waals surface area contributed by atoms with Gasteiger partial charge in [-0.1, -0.05) is 0 Å². The fourth-order valence-corrected chi connectivity index (χ4v) is 2.56. The second kappa shape index (κ2) is 1.08. The lowest BCUT2D eigenvalue weighted by Gasteiger charge is -2.00. The number of hydrogen-bond acceptors (Lipinski definition) is 2. The molecule has 3 aliphatic rings. The molecule has 9 heavy (non-hydrogen) atoms. The summed E-state index contributed by atoms with van der Waals surface area (Å²) in [5, 5.41) is 0. The van der Waals surface area contributed by atoms with Crippen LogP contribution in [0.1, 0.15) is 19.3 Å². The van der Waals surface area contributed by atoms with Gasteiger partial charge in [-0.15, -0.1) is 0 Å². The average molecular weight is 123 g/mol. The molecule has 0 saturated carbocycles. The number of ketones is 1. The van der Waals surface area contributed by atoms with Gasteiger partial charge in [-0.05, 0) is 12.8 Å². The summed E-state index contributed by atoms with van der Waals surface area (Å²) in [4.78, 5) is 13.4. The highest BCUT2D eigenvalue weighted by molar-refractivity contribution is 5.91. The Morgan fingerprint density at radius 3 is 2.89 bits per heavy atom. The zero-order valence-corrected chi connectivity index (χ0v) is 5.21. The minimum Gasteiger partial charge on any atom is -0.298 e. The van der Waals surface area contributed by atoms with Gasteiger partial charge in [0.05, 0.1) is 6.04 Å². The highest BCUT2D eigenvalue weighted by Gasteiger charge is 2.63. The molecule has 0 bridgehead atoms. The van der Waals surface area contributed by atoms with Crippen LogP contribution < -0.4 is 0 Å². The van der Waals surface area contributed by atoms with Gasteiger partial charge in [0.2, 0.25) is 0 Å². The lowest BCUT2D eigenvalue weighted by molar-refractivity contribution is -0.117. The van der Waals surface area contributed by atoms with Crippen LogP contribution in [0.5, 0.6) is 0 Å². The number of fused-ring (bicyclic) bond motifs is 1. The molecule has 48 valence electrons. The summed E-state index contributed by atoms with van der Waals surface area (Å²) in [5.74, 6) is 0.516. The first-order valence-electron chi connectivity index (χ1n) is 3.68. The third-order valence-electron chi connectivity index (χ3n) is 2.96. The Balaban J connectivity index is 2.05. The van der Waals surface area contributed by atoms with Gasteiger partial charge in [0.1, 0.15) is 0 Å². The predicted molar refractivity (Wildman–Crippen MR) is 32.1 cm³/mol. The van der Waals surface area contributed by atoms with E-state index in [1.165, 1.54) is 12.8 Å². The first-order chi connectivity index (χ1) is 4.38. The normalized spacial score (nSPS) is 60.2. The van der Waals surface area contributed by atoms with E-state index < -0.39 is 0 Å². The molecule has 0 aromatic heterocycles. The van der Waals surface area contributed by atoms with Crippen molar-refractivity contribution in [1.82, 2.24) is 4.90 Å². The van der Waals surface area contributed by atoms with E-state index in [1.54, 1.807) is 0 Å². The maximum absolute atomic E-state index is 11.0. The molecule has 0 aromatic rings. The van der Waals surface area contributed by atoms with E-state index >= 15 is 0 Å². The molecule has 3 heterocycles. The van der Waals surface area contributed by atoms with Crippen molar-refractivity contribution in [3.63, 3.8) is 0 Å². The number of rotatable bonds is 0. The third-order valence-corrected chi connectivity index (χ3v) is 2.96. The summed E-state index contributed by atoms with van der Waals surface area (Å²) in [5.41, 5.74) is 0. The lowest BCUT2D eigenvalue weighted by Crippen LogP contribution is -2.09. The van der Waals surface area contributed by atoms with Crippen molar-refractivity contribution in [2.24, 2.45) is 0 Å². The molecular weight excluding hydrogens is 114 g/mol. The number of carbonyl (C=O) groups is 1. The molecule has 0 aromatic carbocycles. The largest absolute Gasteiger partial charge is 0.298 e. The molecule has 4 atom stereocenters. The fourth-order valence-electron chi connectivity index (χ4n) is 2.56. The summed E-state index contributed by atoms with van der Waals surface area (Å²) in [6.07, 6.45) is 3.44. The van der Waals surface area contributed by atoms with Crippen LogP contribution in [0.25, 0.3) is 0 Å². The summed E-state index contributed by atoms with van der Waals surface area (Å²) in [6.45, 7) is 0. The average Bonchev–Trinajstić information content (AvgIpc) is 2.34. The Morgan fingerprint density at radius 2 is 2.33 bits per heavy atom. The molecule has 4 unspecified atom stereocenters. The van der Waals surface area contributed by atoms with Gasteiger partial charge in [-0.25, -0.2) is 0 Å². The minimum atomic E-state index is 0.406. The van der Waals surface area contributed by atoms with Gasteiger partial charge in [-0.3, -0.25) is 9.69 Å². The van der Waals surface area contributed by atoms with Crippen LogP contribution in [0.3, 0.4) is 0 Å². The Hall–Kier alpha value is -0.370. The van der Waals surface area contributed by atoms with E-state index in [-0.39, 0.29) is 0 Å². The van der Waals surface area contributed by atoms with Crippen molar-refractivity contribution in [3.05, 3.63) is 0 Å². The third kappa shape index (κ3) is 0.341. The summed E-state index contributed by atoms with van der Waals surface area (Å²) in [7, 11) is 0. The Morgan fingerprint density at radius 1 is 1.44 bits per heavy atom. The smallest absolute Gasteiger partial charge is 0.153 e. The number of nitrogens with zero attached hydrogens (tertiary/aromatic N) is 1. The Kier molecular flexibility index (Phi) is 0.533. The van der Waals surface area contributed by atoms with Gasteiger partial charge in [-0.2, -0.15) is 0 Å². The highest BCUT2D eigenvalue weighted by Crippen LogP contribution is 2.49. The SMILES string of the molecule is O=C1CC2CCC3C1N23. The molecule has 2 nitrogen and oxygen atoms in total. The van der Waals surface area contributed by atoms with Crippen molar-refractivity contribution in [2.45, 2.75) is 37.4 Å². The van der Waals surface area contributed by atoms with E-state index in [0.29, 0.717) is 23.9 Å². The Labute approximate surface area is 53.8 Å². The maximum atomic E-state index is 11.0. The van der Waals surface area contributed by atoms with Gasteiger partial charge in [0.25, 0.3) is 0 Å². The summed E-state index contributed by atoms with van der Waals surface area (Å²) >= 11 is 0. The molecular formula is C7H9NO. The minimum absolute atomic E-state index is 0.406. The van der Waals surface area contributed by atoms with E-state index in [4.69, 9.17) is 0 Å². The van der Waals surface area contributed by atoms with E-state index in [1.807, 2.05) is 0 Å². The maximum Gasteiger partial charge on any atom is 0.153 e. The lowest BCUT2D eigenvalue weighted by atomic mass is 10.2. The first kappa shape index (κ1) is 4.45. The van der Waals surface area contributed by atoms with Crippen LogP contribution >= 0.6 is 0 Å². The highest BCUT2D eigenvalue weighted by atomic mass is 16.1. The number of hydrogen-bond donors (Lipinski definition) is 0. The molecule has 0 aliphatic carbocycles. The van der Waals surface area contributed by atoms with E-state index in [2.05, 4.69) is 4.90 Å². The zero-order chi connectivity index (χ0) is 6.01. The molecule has 0 N–H and O–H groups in total. The van der Waals surface area contributed by atoms with Crippen molar-refractivity contribution in [1.29, 1.82) is 0 Å². The van der Waals surface area contributed by atoms with E-state index in [9.17, 15) is 4.79 Å². The number of carbonyl (C=O) groups excluding carboxylic acids is 1. The second-order valence-electron chi connectivity index (χ2n) is 3.36. The molecule has 0 spiro atoms. The summed E-state index contributed by atoms with van der Waals surface area (Å²) in [6, 6.07) is 1.78. The molecule has 0 radical (unpaired) electrons. The van der Waals surface area contributed by atoms with Crippen LogP contribution in [-0.4, -0.2) is 28.8 Å². The van der Waals surface area contributed by atoms with E-state index in [0.717, 1.165) is 6.42 Å². The quantitative estimate of drug-likeness (QED) is 0.428. The standard InChI is InChI=1S/C7H9NO/c9-6-3-4-1-2-5-7(6)8(4)5/h4-5,7H,1-3H2. The van der Waals surface area contributed by atoms with Crippen LogP contribution in [0.15, 0.2) is 0 Å². The topological polar surface area (TPSA) is 20.1 Å². The number of piperidine rings is 2. The van der Waals surface area contributed by atoms with Crippen molar-refractivity contribution in [2.75, 3.05) is 0 Å². The van der Waals surface area contributed by atoms with Crippen LogP contribution in [0.4, 0.5) is 0 Å². The second-order valence-corrected chi connectivity index (χ2v) is 3.36. The van der Waals surface area contributed by atoms with Gasteiger partial charge in [0, 0.05) is 18.5 Å². The summed E-state index contributed by atoms with van der Waals surface area (Å²) < 4.78 is 0. The molecule has 3 aliphatic heterocycles. The fraction of sp³-hybridized carbons (Fsp3) is 0.857.